The van der Waals surface area contributed by atoms with Crippen molar-refractivity contribution in [2.75, 3.05) is 0 Å². The van der Waals surface area contributed by atoms with E-state index in [4.69, 9.17) is 5.73 Å². The first kappa shape index (κ1) is 12.5. The Morgan fingerprint density at radius 3 is 2.00 bits per heavy atom. The van der Waals surface area contributed by atoms with Crippen molar-refractivity contribution in [3.8, 4) is 0 Å². The number of nitrogens with one attached hydrogen (secondary N) is 1. The Morgan fingerprint density at radius 1 is 0.850 bits per heavy atom. The minimum atomic E-state index is 0.477. The van der Waals surface area contributed by atoms with E-state index in [1.54, 1.807) is 0 Å². The predicted octanol–water partition coefficient (Wildman–Crippen LogP) is 1.65. The van der Waals surface area contributed by atoms with Crippen molar-refractivity contribution in [2.24, 2.45) is 10.8 Å². The van der Waals surface area contributed by atoms with Crippen LogP contribution in [0.25, 0.3) is 0 Å². The molecule has 2 aromatic carbocycles. The largest absolute Gasteiger partial charge is 0.367 e. The number of nitrogens with two attached hydrogens (primary N) is 1. The monoisotopic (exact) mass is 267 g/mol. The average Bonchev–Trinajstić information content (AvgIpc) is 2.83. The molecule has 0 spiro atoms. The Kier molecular flexibility index (Phi) is 3.52. The fourth-order valence-corrected chi connectivity index (χ4v) is 2.14. The van der Waals surface area contributed by atoms with E-state index in [1.807, 2.05) is 46.5 Å². The number of benzene rings is 2. The molecule has 0 saturated carbocycles. The second-order valence-corrected chi connectivity index (χ2v) is 4.66. The summed E-state index contributed by atoms with van der Waals surface area (Å²) in [6.07, 6.45) is 0. The van der Waals surface area contributed by atoms with Crippen LogP contribution >= 0.6 is 0 Å². The third-order valence-corrected chi connectivity index (χ3v) is 3.19. The van der Waals surface area contributed by atoms with Crippen LogP contribution in [0.1, 0.15) is 11.1 Å². The number of hydrogen-bond donors (Lipinski definition) is 2. The maximum atomic E-state index is 5.94. The molecule has 3 rings (SSSR count). The molecule has 0 fully saturated rings. The molecule has 0 amide bonds. The lowest BCUT2D eigenvalue weighted by atomic mass is 10.2. The van der Waals surface area contributed by atoms with Gasteiger partial charge in [-0.1, -0.05) is 60.7 Å². The summed E-state index contributed by atoms with van der Waals surface area (Å²) in [4.78, 5) is 0. The Morgan fingerprint density at radius 2 is 1.40 bits per heavy atom. The molecular weight excluding hydrogens is 250 g/mol. The first-order valence-corrected chi connectivity index (χ1v) is 6.54. The molecule has 2 aromatic rings. The number of hydrazine groups is 2. The van der Waals surface area contributed by atoms with E-state index in [2.05, 4.69) is 34.9 Å². The van der Waals surface area contributed by atoms with Gasteiger partial charge in [0.05, 0.1) is 13.1 Å². The standard InChI is InChI=1S/C15H17N5/c16-15-17-18-20(12-14-9-5-2-6-10-14)19(15)11-13-7-3-1-4-8-13/h1-10,18H,11-12H2,(H2,16,17). The number of guanidine groups is 1. The summed E-state index contributed by atoms with van der Waals surface area (Å²) >= 11 is 0. The first-order chi connectivity index (χ1) is 9.83. The van der Waals surface area contributed by atoms with Crippen LogP contribution in [0.3, 0.4) is 0 Å². The van der Waals surface area contributed by atoms with E-state index in [-0.39, 0.29) is 0 Å². The lowest BCUT2D eigenvalue weighted by Crippen LogP contribution is -2.46. The van der Waals surface area contributed by atoms with Gasteiger partial charge >= 0.3 is 0 Å². The second-order valence-electron chi connectivity index (χ2n) is 4.66. The van der Waals surface area contributed by atoms with Crippen molar-refractivity contribution in [1.29, 1.82) is 0 Å². The molecule has 0 bridgehead atoms. The van der Waals surface area contributed by atoms with Gasteiger partial charge in [-0.2, -0.15) is 0 Å². The highest BCUT2D eigenvalue weighted by Crippen LogP contribution is 2.13. The van der Waals surface area contributed by atoms with Crippen molar-refractivity contribution in [1.82, 2.24) is 15.7 Å². The fourth-order valence-electron chi connectivity index (χ4n) is 2.14. The van der Waals surface area contributed by atoms with Crippen LogP contribution in [0.2, 0.25) is 0 Å². The van der Waals surface area contributed by atoms with Crippen molar-refractivity contribution < 1.29 is 0 Å². The Hall–Kier alpha value is -2.53. The summed E-state index contributed by atoms with van der Waals surface area (Å²) in [7, 11) is 0. The van der Waals surface area contributed by atoms with Gasteiger partial charge in [-0.25, -0.2) is 5.53 Å². The molecule has 1 aliphatic heterocycles. The van der Waals surface area contributed by atoms with Gasteiger partial charge in [0.15, 0.2) is 0 Å². The van der Waals surface area contributed by atoms with E-state index in [1.165, 1.54) is 11.1 Å². The van der Waals surface area contributed by atoms with Crippen LogP contribution in [-0.2, 0) is 13.1 Å². The molecule has 0 radical (unpaired) electrons. The van der Waals surface area contributed by atoms with Crippen molar-refractivity contribution in [3.63, 3.8) is 0 Å². The highest BCUT2D eigenvalue weighted by Gasteiger charge is 2.23. The predicted molar refractivity (Wildman–Crippen MR) is 78.7 cm³/mol. The van der Waals surface area contributed by atoms with E-state index >= 15 is 0 Å². The number of nitrogens with zero attached hydrogens (tertiary/aromatic N) is 3. The van der Waals surface area contributed by atoms with Crippen LogP contribution in [0.15, 0.2) is 65.8 Å². The van der Waals surface area contributed by atoms with Crippen LogP contribution in [-0.4, -0.2) is 16.1 Å². The van der Waals surface area contributed by atoms with E-state index < -0.39 is 0 Å². The Bertz CT molecular complexity index is 582. The third-order valence-electron chi connectivity index (χ3n) is 3.19. The first-order valence-electron chi connectivity index (χ1n) is 6.54. The zero-order chi connectivity index (χ0) is 13.8. The molecule has 1 heterocycles. The van der Waals surface area contributed by atoms with Crippen LogP contribution < -0.4 is 11.3 Å². The molecule has 20 heavy (non-hydrogen) atoms. The molecule has 102 valence electrons. The summed E-state index contributed by atoms with van der Waals surface area (Å²) in [6.45, 7) is 1.40. The highest BCUT2D eigenvalue weighted by atomic mass is 15.9. The molecule has 5 heteroatoms. The number of rotatable bonds is 4. The zero-order valence-corrected chi connectivity index (χ0v) is 11.1. The zero-order valence-electron chi connectivity index (χ0n) is 11.1. The molecule has 3 N–H and O–H groups in total. The second kappa shape index (κ2) is 5.63. The summed E-state index contributed by atoms with van der Waals surface area (Å²) in [5.74, 6) is 0.477. The van der Waals surface area contributed by atoms with E-state index in [9.17, 15) is 0 Å². The average molecular weight is 267 g/mol. The quantitative estimate of drug-likeness (QED) is 0.884. The summed E-state index contributed by atoms with van der Waals surface area (Å²) in [5, 5.41) is 7.93. The van der Waals surface area contributed by atoms with Crippen molar-refractivity contribution >= 4 is 5.96 Å². The van der Waals surface area contributed by atoms with Crippen molar-refractivity contribution in [2.45, 2.75) is 13.1 Å². The molecule has 1 aliphatic rings. The number of hydrogen-bond acceptors (Lipinski definition) is 5. The minimum absolute atomic E-state index is 0.477. The van der Waals surface area contributed by atoms with Gasteiger partial charge in [0, 0.05) is 0 Å². The van der Waals surface area contributed by atoms with Gasteiger partial charge in [0.1, 0.15) is 0 Å². The summed E-state index contributed by atoms with van der Waals surface area (Å²) in [5.41, 5.74) is 11.3. The highest BCUT2D eigenvalue weighted by molar-refractivity contribution is 5.78. The minimum Gasteiger partial charge on any atom is -0.367 e. The molecule has 0 saturated heterocycles. The lowest BCUT2D eigenvalue weighted by molar-refractivity contribution is -0.00102. The Labute approximate surface area is 118 Å². The molecular formula is C15H17N5. The maximum absolute atomic E-state index is 5.94. The molecule has 5 nitrogen and oxygen atoms in total. The van der Waals surface area contributed by atoms with Gasteiger partial charge in [-0.3, -0.25) is 5.01 Å². The van der Waals surface area contributed by atoms with Gasteiger partial charge in [-0.15, -0.1) is 10.2 Å². The van der Waals surface area contributed by atoms with Crippen molar-refractivity contribution in [3.05, 3.63) is 71.8 Å². The van der Waals surface area contributed by atoms with Gasteiger partial charge in [0.25, 0.3) is 0 Å². The normalized spacial score (nSPS) is 15.0. The molecule has 0 aliphatic carbocycles. The Balaban J connectivity index is 1.72. The maximum Gasteiger partial charge on any atom is 0.231 e. The van der Waals surface area contributed by atoms with Crippen LogP contribution in [0.4, 0.5) is 0 Å². The van der Waals surface area contributed by atoms with E-state index in [0.29, 0.717) is 19.0 Å². The summed E-state index contributed by atoms with van der Waals surface area (Å²) in [6, 6.07) is 20.4. The summed E-state index contributed by atoms with van der Waals surface area (Å²) < 4.78 is 0. The molecule has 0 aromatic heterocycles. The fraction of sp³-hybridized carbons (Fsp3) is 0.133. The van der Waals surface area contributed by atoms with Gasteiger partial charge in [-0.05, 0) is 11.1 Å². The SMILES string of the molecule is NC1=NNN(Cc2ccccc2)N1Cc1ccccc1. The lowest BCUT2D eigenvalue weighted by Gasteiger charge is -2.28. The third kappa shape index (κ3) is 2.73. The van der Waals surface area contributed by atoms with Gasteiger partial charge in [0.2, 0.25) is 5.96 Å². The van der Waals surface area contributed by atoms with Crippen LogP contribution in [0.5, 0.6) is 0 Å². The molecule has 0 atom stereocenters. The van der Waals surface area contributed by atoms with Gasteiger partial charge < -0.3 is 5.73 Å². The topological polar surface area (TPSA) is 56.9 Å². The number of hydrazone groups is 1. The molecule has 0 unspecified atom stereocenters. The van der Waals surface area contributed by atoms with E-state index in [0.717, 1.165) is 0 Å². The van der Waals surface area contributed by atoms with Crippen LogP contribution in [0, 0.1) is 0 Å². The smallest absolute Gasteiger partial charge is 0.231 e.